The van der Waals surface area contributed by atoms with Crippen molar-refractivity contribution in [3.8, 4) is 17.5 Å². The maximum absolute atomic E-state index is 12.4. The van der Waals surface area contributed by atoms with E-state index in [2.05, 4.69) is 19.9 Å². The van der Waals surface area contributed by atoms with Gasteiger partial charge in [-0.3, -0.25) is 9.82 Å². The zero-order valence-corrected chi connectivity index (χ0v) is 12.6. The zero-order valence-electron chi connectivity index (χ0n) is 11.8. The normalized spacial score (nSPS) is 10.9. The molecule has 0 aliphatic heterocycles. The van der Waals surface area contributed by atoms with Crippen molar-refractivity contribution in [3.63, 3.8) is 0 Å². The number of sulfonamides is 1. The molecule has 0 spiro atoms. The quantitative estimate of drug-likeness (QED) is 0.763. The van der Waals surface area contributed by atoms with Crippen molar-refractivity contribution in [2.75, 3.05) is 4.72 Å². The molecule has 3 rings (SSSR count). The van der Waals surface area contributed by atoms with E-state index in [1.807, 2.05) is 6.07 Å². The number of nitriles is 1. The van der Waals surface area contributed by atoms with Crippen molar-refractivity contribution in [2.45, 2.75) is 4.90 Å². The number of nitrogens with one attached hydrogen (secondary N) is 2. The lowest BCUT2D eigenvalue weighted by molar-refractivity contribution is 0.601. The van der Waals surface area contributed by atoms with E-state index in [9.17, 15) is 8.42 Å². The molecule has 1 aromatic heterocycles. The minimum atomic E-state index is -3.78. The van der Waals surface area contributed by atoms with Gasteiger partial charge < -0.3 is 0 Å². The average Bonchev–Trinajstić information content (AvgIpc) is 3.09. The van der Waals surface area contributed by atoms with E-state index in [0.717, 1.165) is 0 Å². The molecule has 0 saturated carbocycles. The molecule has 0 atom stereocenters. The number of aromatic nitrogens is 3. The number of aromatic amines is 1. The van der Waals surface area contributed by atoms with Gasteiger partial charge in [-0.05, 0) is 30.3 Å². The second-order valence-corrected chi connectivity index (χ2v) is 6.34. The van der Waals surface area contributed by atoms with Gasteiger partial charge in [-0.1, -0.05) is 18.2 Å². The van der Waals surface area contributed by atoms with Crippen LogP contribution in [0.5, 0.6) is 0 Å². The van der Waals surface area contributed by atoms with Crippen LogP contribution in [0.3, 0.4) is 0 Å². The lowest BCUT2D eigenvalue weighted by Crippen LogP contribution is -2.13. The van der Waals surface area contributed by atoms with Crippen LogP contribution in [0, 0.1) is 11.3 Å². The number of H-pyrrole nitrogens is 1. The smallest absolute Gasteiger partial charge is 0.261 e. The van der Waals surface area contributed by atoms with E-state index in [1.165, 1.54) is 24.5 Å². The van der Waals surface area contributed by atoms with Crippen molar-refractivity contribution >= 4 is 15.7 Å². The highest BCUT2D eigenvalue weighted by Gasteiger charge is 2.15. The molecule has 0 saturated heterocycles. The molecule has 3 aromatic rings. The number of rotatable bonds is 4. The fraction of sp³-hybridized carbons (Fsp3) is 0. The van der Waals surface area contributed by atoms with Crippen LogP contribution in [0.25, 0.3) is 11.4 Å². The first kappa shape index (κ1) is 14.7. The molecule has 0 bridgehead atoms. The Hall–Kier alpha value is -3.18. The molecule has 0 unspecified atom stereocenters. The van der Waals surface area contributed by atoms with Crippen LogP contribution in [0.2, 0.25) is 0 Å². The summed E-state index contributed by atoms with van der Waals surface area (Å²) in [5, 5.41) is 15.4. The molecule has 0 aliphatic carbocycles. The van der Waals surface area contributed by atoms with Gasteiger partial charge >= 0.3 is 0 Å². The molecular weight excluding hydrogens is 314 g/mol. The van der Waals surface area contributed by atoms with Crippen molar-refractivity contribution in [1.29, 1.82) is 5.26 Å². The summed E-state index contributed by atoms with van der Waals surface area (Å²) >= 11 is 0. The summed E-state index contributed by atoms with van der Waals surface area (Å²) in [6, 6.07) is 14.5. The first-order valence-corrected chi connectivity index (χ1v) is 8.05. The summed E-state index contributed by atoms with van der Waals surface area (Å²) in [7, 11) is -3.78. The Morgan fingerprint density at radius 3 is 2.70 bits per heavy atom. The average molecular weight is 325 g/mol. The van der Waals surface area contributed by atoms with Crippen LogP contribution in [-0.2, 0) is 10.0 Å². The monoisotopic (exact) mass is 325 g/mol. The lowest BCUT2D eigenvalue weighted by atomic mass is 10.2. The molecule has 0 amide bonds. The first-order chi connectivity index (χ1) is 11.1. The summed E-state index contributed by atoms with van der Waals surface area (Å²) in [4.78, 5) is 4.05. The topological polar surface area (TPSA) is 112 Å². The van der Waals surface area contributed by atoms with Gasteiger partial charge in [0.1, 0.15) is 6.33 Å². The second kappa shape index (κ2) is 5.90. The minimum Gasteiger partial charge on any atom is -0.280 e. The zero-order chi connectivity index (χ0) is 16.3. The number of benzene rings is 2. The summed E-state index contributed by atoms with van der Waals surface area (Å²) in [6.07, 6.45) is 1.37. The van der Waals surface area contributed by atoms with Gasteiger partial charge in [0.05, 0.1) is 16.5 Å². The predicted octanol–water partition coefficient (Wildman–Crippen LogP) is 2.14. The van der Waals surface area contributed by atoms with Crippen molar-refractivity contribution in [2.24, 2.45) is 0 Å². The Morgan fingerprint density at radius 2 is 1.96 bits per heavy atom. The Kier molecular flexibility index (Phi) is 3.78. The van der Waals surface area contributed by atoms with Crippen LogP contribution in [0.1, 0.15) is 5.56 Å². The maximum Gasteiger partial charge on any atom is 0.261 e. The molecule has 0 fully saturated rings. The SMILES string of the molecule is N#Cc1cccc(S(=O)(=O)Nc2cccc(-c3ncn[nH]3)c2)c1. The highest BCUT2D eigenvalue weighted by molar-refractivity contribution is 7.92. The van der Waals surface area contributed by atoms with Gasteiger partial charge in [-0.2, -0.15) is 10.4 Å². The van der Waals surface area contributed by atoms with Crippen LogP contribution >= 0.6 is 0 Å². The molecule has 0 aliphatic rings. The van der Waals surface area contributed by atoms with Crippen molar-refractivity contribution < 1.29 is 8.42 Å². The molecule has 2 aromatic carbocycles. The number of nitrogens with zero attached hydrogens (tertiary/aromatic N) is 3. The molecular formula is C15H11N5O2S. The van der Waals surface area contributed by atoms with Crippen LogP contribution < -0.4 is 4.72 Å². The van der Waals surface area contributed by atoms with Crippen LogP contribution in [0.15, 0.2) is 59.8 Å². The summed E-state index contributed by atoms with van der Waals surface area (Å²) in [5.74, 6) is 0.539. The second-order valence-electron chi connectivity index (χ2n) is 4.66. The third-order valence-electron chi connectivity index (χ3n) is 3.08. The Morgan fingerprint density at radius 1 is 1.13 bits per heavy atom. The molecule has 114 valence electrons. The molecule has 2 N–H and O–H groups in total. The largest absolute Gasteiger partial charge is 0.280 e. The van der Waals surface area contributed by atoms with Gasteiger partial charge in [0.2, 0.25) is 0 Å². The number of hydrogen-bond donors (Lipinski definition) is 2. The number of anilines is 1. The number of hydrogen-bond acceptors (Lipinski definition) is 5. The fourth-order valence-electron chi connectivity index (χ4n) is 2.02. The van der Waals surface area contributed by atoms with E-state index < -0.39 is 10.0 Å². The predicted molar refractivity (Wildman–Crippen MR) is 83.8 cm³/mol. The van der Waals surface area contributed by atoms with Gasteiger partial charge in [-0.25, -0.2) is 13.4 Å². The molecule has 8 heteroatoms. The Balaban J connectivity index is 1.92. The third-order valence-corrected chi connectivity index (χ3v) is 4.46. The molecule has 7 nitrogen and oxygen atoms in total. The van der Waals surface area contributed by atoms with Gasteiger partial charge in [-0.15, -0.1) is 0 Å². The van der Waals surface area contributed by atoms with Crippen molar-refractivity contribution in [3.05, 3.63) is 60.4 Å². The summed E-state index contributed by atoms with van der Waals surface area (Å²) in [6.45, 7) is 0. The van der Waals surface area contributed by atoms with Gasteiger partial charge in [0, 0.05) is 11.3 Å². The molecule has 0 radical (unpaired) electrons. The van der Waals surface area contributed by atoms with E-state index in [-0.39, 0.29) is 10.5 Å². The third kappa shape index (κ3) is 3.20. The van der Waals surface area contributed by atoms with E-state index in [1.54, 1.807) is 30.3 Å². The van der Waals surface area contributed by atoms with E-state index in [4.69, 9.17) is 5.26 Å². The van der Waals surface area contributed by atoms with Gasteiger partial charge in [0.15, 0.2) is 5.82 Å². The Bertz CT molecular complexity index is 975. The fourth-order valence-corrected chi connectivity index (χ4v) is 3.12. The van der Waals surface area contributed by atoms with E-state index >= 15 is 0 Å². The van der Waals surface area contributed by atoms with Gasteiger partial charge in [0.25, 0.3) is 10.0 Å². The first-order valence-electron chi connectivity index (χ1n) is 6.57. The standard InChI is InChI=1S/C15H11N5O2S/c16-9-11-3-1-6-14(7-11)23(21,22)20-13-5-2-4-12(8-13)15-17-10-18-19-15/h1-8,10,20H,(H,17,18,19). The summed E-state index contributed by atoms with van der Waals surface area (Å²) in [5.41, 5.74) is 1.37. The highest BCUT2D eigenvalue weighted by atomic mass is 32.2. The lowest BCUT2D eigenvalue weighted by Gasteiger charge is -2.09. The van der Waals surface area contributed by atoms with Crippen LogP contribution in [-0.4, -0.2) is 23.6 Å². The van der Waals surface area contributed by atoms with Crippen molar-refractivity contribution in [1.82, 2.24) is 15.2 Å². The maximum atomic E-state index is 12.4. The van der Waals surface area contributed by atoms with Crippen LogP contribution in [0.4, 0.5) is 5.69 Å². The molecule has 23 heavy (non-hydrogen) atoms. The molecule has 1 heterocycles. The Labute approximate surface area is 132 Å². The minimum absolute atomic E-state index is 0.0293. The highest BCUT2D eigenvalue weighted by Crippen LogP contribution is 2.21. The summed E-state index contributed by atoms with van der Waals surface area (Å²) < 4.78 is 27.3. The van der Waals surface area contributed by atoms with E-state index in [0.29, 0.717) is 17.1 Å².